The molecule has 0 saturated carbocycles. The molecule has 3 aromatic rings. The Hall–Kier alpha value is -1.80. The molecule has 0 saturated heterocycles. The van der Waals surface area contributed by atoms with E-state index < -0.39 is 0 Å². The first-order chi connectivity index (χ1) is 14.9. The van der Waals surface area contributed by atoms with Crippen molar-refractivity contribution in [3.8, 4) is 0 Å². The Balaban J connectivity index is 1.61. The minimum absolute atomic E-state index is 0.0576. The van der Waals surface area contributed by atoms with E-state index >= 15 is 0 Å². The Morgan fingerprint density at radius 1 is 1.45 bits per heavy atom. The van der Waals surface area contributed by atoms with Gasteiger partial charge in [-0.2, -0.15) is 0 Å². The van der Waals surface area contributed by atoms with E-state index in [2.05, 4.69) is 18.8 Å². The Kier molecular flexibility index (Phi) is 6.77. The quantitative estimate of drug-likeness (QED) is 0.267. The zero-order valence-corrected chi connectivity index (χ0v) is 20.1. The van der Waals surface area contributed by atoms with Gasteiger partial charge in [-0.1, -0.05) is 54.0 Å². The zero-order valence-electron chi connectivity index (χ0n) is 16.9. The SMILES string of the molecule is C=CCn1c(SCC(=O)Nc2cccc(Cl)c2Cl)nc2sc3c(c2c1=O)CCC(C)C3. The Morgan fingerprint density at radius 2 is 2.26 bits per heavy atom. The smallest absolute Gasteiger partial charge is 0.263 e. The normalized spacial score (nSPS) is 15.6. The Bertz CT molecular complexity index is 1240. The largest absolute Gasteiger partial charge is 0.324 e. The van der Waals surface area contributed by atoms with Gasteiger partial charge >= 0.3 is 0 Å². The molecule has 0 bridgehead atoms. The van der Waals surface area contributed by atoms with Crippen LogP contribution in [0.4, 0.5) is 5.69 Å². The summed E-state index contributed by atoms with van der Waals surface area (Å²) in [6, 6.07) is 5.06. The van der Waals surface area contributed by atoms with E-state index in [0.717, 1.165) is 35.0 Å². The van der Waals surface area contributed by atoms with E-state index in [1.54, 1.807) is 40.2 Å². The molecule has 1 unspecified atom stereocenters. The van der Waals surface area contributed by atoms with Gasteiger partial charge in [-0.05, 0) is 42.9 Å². The van der Waals surface area contributed by atoms with Gasteiger partial charge in [0, 0.05) is 11.4 Å². The molecular weight excluding hydrogens is 473 g/mol. The predicted octanol–water partition coefficient (Wildman–Crippen LogP) is 5.81. The third-order valence-electron chi connectivity index (χ3n) is 5.25. The topological polar surface area (TPSA) is 64.0 Å². The average Bonchev–Trinajstić information content (AvgIpc) is 3.09. The van der Waals surface area contributed by atoms with Gasteiger partial charge < -0.3 is 5.32 Å². The van der Waals surface area contributed by atoms with Crippen LogP contribution in [0.15, 0.2) is 40.8 Å². The molecule has 1 aliphatic carbocycles. The van der Waals surface area contributed by atoms with Crippen molar-refractivity contribution in [2.75, 3.05) is 11.1 Å². The number of anilines is 1. The van der Waals surface area contributed by atoms with E-state index in [1.807, 2.05) is 0 Å². The van der Waals surface area contributed by atoms with Gasteiger partial charge in [-0.3, -0.25) is 14.2 Å². The van der Waals surface area contributed by atoms with Crippen LogP contribution >= 0.6 is 46.3 Å². The number of fused-ring (bicyclic) bond motifs is 3. The molecule has 0 fully saturated rings. The molecule has 9 heteroatoms. The fourth-order valence-electron chi connectivity index (χ4n) is 3.72. The first kappa shape index (κ1) is 22.4. The average molecular weight is 494 g/mol. The van der Waals surface area contributed by atoms with Gasteiger partial charge in [-0.25, -0.2) is 4.98 Å². The molecule has 1 aromatic carbocycles. The molecule has 2 aromatic heterocycles. The highest BCUT2D eigenvalue weighted by Crippen LogP contribution is 2.36. The molecular formula is C22H21Cl2N3O2S2. The van der Waals surface area contributed by atoms with Crippen LogP contribution < -0.4 is 10.9 Å². The number of carbonyl (C=O) groups is 1. The summed E-state index contributed by atoms with van der Waals surface area (Å²) >= 11 is 15.0. The number of thiophene rings is 1. The molecule has 31 heavy (non-hydrogen) atoms. The van der Waals surface area contributed by atoms with Crippen molar-refractivity contribution >= 4 is 68.1 Å². The summed E-state index contributed by atoms with van der Waals surface area (Å²) in [4.78, 5) is 32.6. The van der Waals surface area contributed by atoms with Gasteiger partial charge in [0.1, 0.15) is 4.83 Å². The molecule has 4 rings (SSSR count). The van der Waals surface area contributed by atoms with Crippen molar-refractivity contribution in [2.45, 2.75) is 37.9 Å². The summed E-state index contributed by atoms with van der Waals surface area (Å²) in [5, 5.41) is 4.67. The Morgan fingerprint density at radius 3 is 3.03 bits per heavy atom. The lowest BCUT2D eigenvalue weighted by Crippen LogP contribution is -2.24. The van der Waals surface area contributed by atoms with Gasteiger partial charge in [0.2, 0.25) is 5.91 Å². The summed E-state index contributed by atoms with van der Waals surface area (Å²) in [6.07, 6.45) is 4.66. The third kappa shape index (κ3) is 4.55. The van der Waals surface area contributed by atoms with Crippen LogP contribution in [0.25, 0.3) is 10.2 Å². The maximum absolute atomic E-state index is 13.3. The van der Waals surface area contributed by atoms with E-state index in [-0.39, 0.29) is 17.2 Å². The molecule has 162 valence electrons. The van der Waals surface area contributed by atoms with Crippen LogP contribution in [-0.2, 0) is 24.2 Å². The zero-order chi connectivity index (χ0) is 22.1. The van der Waals surface area contributed by atoms with Crippen molar-refractivity contribution in [2.24, 2.45) is 5.92 Å². The number of carbonyl (C=O) groups excluding carboxylic acids is 1. The second kappa shape index (κ2) is 9.36. The predicted molar refractivity (Wildman–Crippen MR) is 131 cm³/mol. The summed E-state index contributed by atoms with van der Waals surface area (Å²) in [5.74, 6) is 0.444. The molecule has 0 spiro atoms. The number of thioether (sulfide) groups is 1. The number of aryl methyl sites for hydroxylation is 1. The monoisotopic (exact) mass is 493 g/mol. The molecule has 1 atom stereocenters. The first-order valence-electron chi connectivity index (χ1n) is 9.91. The van der Waals surface area contributed by atoms with Crippen molar-refractivity contribution < 1.29 is 4.79 Å². The number of hydrogen-bond donors (Lipinski definition) is 1. The summed E-state index contributed by atoms with van der Waals surface area (Å²) < 4.78 is 1.60. The fourth-order valence-corrected chi connectivity index (χ4v) is 6.30. The van der Waals surface area contributed by atoms with Crippen molar-refractivity contribution in [3.05, 3.63) is 61.7 Å². The summed E-state index contributed by atoms with van der Waals surface area (Å²) in [7, 11) is 0. The van der Waals surface area contributed by atoms with E-state index in [1.165, 1.54) is 16.6 Å². The van der Waals surface area contributed by atoms with E-state index in [4.69, 9.17) is 28.2 Å². The molecule has 1 N–H and O–H groups in total. The van der Waals surface area contributed by atoms with Crippen LogP contribution in [0, 0.1) is 5.92 Å². The van der Waals surface area contributed by atoms with E-state index in [0.29, 0.717) is 33.4 Å². The number of allylic oxidation sites excluding steroid dienone is 1. The van der Waals surface area contributed by atoms with Gasteiger partial charge in [0.25, 0.3) is 5.56 Å². The van der Waals surface area contributed by atoms with Gasteiger partial charge in [-0.15, -0.1) is 17.9 Å². The lowest BCUT2D eigenvalue weighted by molar-refractivity contribution is -0.113. The molecule has 5 nitrogen and oxygen atoms in total. The molecule has 1 aliphatic rings. The van der Waals surface area contributed by atoms with Crippen molar-refractivity contribution in [1.29, 1.82) is 0 Å². The molecule has 2 heterocycles. The number of rotatable bonds is 6. The summed E-state index contributed by atoms with van der Waals surface area (Å²) in [6.45, 7) is 6.35. The number of halogens is 2. The highest BCUT2D eigenvalue weighted by Gasteiger charge is 2.24. The van der Waals surface area contributed by atoms with Crippen LogP contribution in [0.2, 0.25) is 10.0 Å². The van der Waals surface area contributed by atoms with Crippen LogP contribution in [-0.4, -0.2) is 21.2 Å². The molecule has 0 aliphatic heterocycles. The number of nitrogens with one attached hydrogen (secondary N) is 1. The number of nitrogens with zero attached hydrogens (tertiary/aromatic N) is 2. The highest BCUT2D eigenvalue weighted by atomic mass is 35.5. The van der Waals surface area contributed by atoms with E-state index in [9.17, 15) is 9.59 Å². The fraction of sp³-hybridized carbons (Fsp3) is 0.318. The third-order valence-corrected chi connectivity index (χ3v) is 8.19. The van der Waals surface area contributed by atoms with Crippen LogP contribution in [0.5, 0.6) is 0 Å². The molecule has 1 amide bonds. The second-order valence-electron chi connectivity index (χ2n) is 7.57. The number of benzene rings is 1. The minimum atomic E-state index is -0.257. The van der Waals surface area contributed by atoms with Crippen LogP contribution in [0.3, 0.4) is 0 Å². The minimum Gasteiger partial charge on any atom is -0.324 e. The van der Waals surface area contributed by atoms with Gasteiger partial charge in [0.05, 0.1) is 26.9 Å². The highest BCUT2D eigenvalue weighted by molar-refractivity contribution is 7.99. The molecule has 0 radical (unpaired) electrons. The first-order valence-corrected chi connectivity index (χ1v) is 12.5. The standard InChI is InChI=1S/C22H21Cl2N3O2S2/c1-3-9-27-21(29)18-13-8-7-12(2)10-16(13)31-20(18)26-22(27)30-11-17(28)25-15-6-4-5-14(23)19(15)24/h3-6,12H,1,7-11H2,2H3,(H,25,28). The lowest BCUT2D eigenvalue weighted by Gasteiger charge is -2.17. The number of amides is 1. The lowest BCUT2D eigenvalue weighted by atomic mass is 9.89. The second-order valence-corrected chi connectivity index (χ2v) is 10.4. The van der Waals surface area contributed by atoms with Gasteiger partial charge in [0.15, 0.2) is 5.16 Å². The maximum atomic E-state index is 13.3. The van der Waals surface area contributed by atoms with Crippen LogP contribution in [0.1, 0.15) is 23.8 Å². The van der Waals surface area contributed by atoms with Crippen molar-refractivity contribution in [1.82, 2.24) is 9.55 Å². The maximum Gasteiger partial charge on any atom is 0.263 e. The Labute approximate surface area is 198 Å². The summed E-state index contributed by atoms with van der Waals surface area (Å²) in [5.41, 5.74) is 1.54. The number of aromatic nitrogens is 2. The van der Waals surface area contributed by atoms with Crippen molar-refractivity contribution in [3.63, 3.8) is 0 Å². The number of hydrogen-bond acceptors (Lipinski definition) is 5.